The maximum atomic E-state index is 12.5. The highest BCUT2D eigenvalue weighted by atomic mass is 32.1. The maximum absolute atomic E-state index is 12.5. The Hall–Kier alpha value is -2.60. The second-order valence-corrected chi connectivity index (χ2v) is 6.54. The average Bonchev–Trinajstić information content (AvgIpc) is 3.09. The number of carbonyl (C=O) groups excluding carboxylic acids is 2. The number of hydrogen-bond acceptors (Lipinski definition) is 5. The maximum Gasteiger partial charge on any atom is 0.341 e. The molecule has 0 atom stereocenters. The number of rotatable bonds is 4. The Kier molecular flexibility index (Phi) is 4.40. The van der Waals surface area contributed by atoms with Gasteiger partial charge in [0.2, 0.25) is 0 Å². The molecular formula is C18H17NO4S. The Morgan fingerprint density at radius 3 is 2.71 bits per heavy atom. The zero-order valence-electron chi connectivity index (χ0n) is 13.6. The number of para-hydroxylation sites is 1. The Morgan fingerprint density at radius 1 is 1.25 bits per heavy atom. The van der Waals surface area contributed by atoms with Gasteiger partial charge in [-0.3, -0.25) is 4.79 Å². The van der Waals surface area contributed by atoms with E-state index in [-0.39, 0.29) is 12.4 Å². The molecule has 0 spiro atoms. The molecular weight excluding hydrogens is 326 g/mol. The van der Waals surface area contributed by atoms with Crippen molar-refractivity contribution in [1.82, 2.24) is 0 Å². The summed E-state index contributed by atoms with van der Waals surface area (Å²) in [6, 6.07) is 9.08. The quantitative estimate of drug-likeness (QED) is 0.706. The second kappa shape index (κ2) is 6.49. The van der Waals surface area contributed by atoms with E-state index >= 15 is 0 Å². The third-order valence-corrected chi connectivity index (χ3v) is 4.86. The third kappa shape index (κ3) is 2.92. The molecule has 3 aromatic rings. The predicted octanol–water partition coefficient (Wildman–Crippen LogP) is 4.54. The smallest absolute Gasteiger partial charge is 0.341 e. The molecule has 0 saturated carbocycles. The van der Waals surface area contributed by atoms with Crippen molar-refractivity contribution in [3.05, 3.63) is 52.1 Å². The molecule has 0 radical (unpaired) electrons. The summed E-state index contributed by atoms with van der Waals surface area (Å²) in [6.07, 6.45) is 0. The van der Waals surface area contributed by atoms with Crippen molar-refractivity contribution in [2.75, 3.05) is 11.9 Å². The van der Waals surface area contributed by atoms with E-state index in [9.17, 15) is 9.59 Å². The molecule has 0 fully saturated rings. The molecule has 0 aliphatic carbocycles. The van der Waals surface area contributed by atoms with Crippen LogP contribution in [-0.4, -0.2) is 18.5 Å². The van der Waals surface area contributed by atoms with Crippen LogP contribution in [0.3, 0.4) is 0 Å². The highest BCUT2D eigenvalue weighted by molar-refractivity contribution is 7.16. The minimum absolute atomic E-state index is 0.203. The summed E-state index contributed by atoms with van der Waals surface area (Å²) in [5.74, 6) is -0.619. The van der Waals surface area contributed by atoms with E-state index in [1.54, 1.807) is 19.1 Å². The lowest BCUT2D eigenvalue weighted by molar-refractivity contribution is 0.0527. The molecule has 1 aromatic carbocycles. The van der Waals surface area contributed by atoms with Crippen molar-refractivity contribution in [2.45, 2.75) is 20.8 Å². The van der Waals surface area contributed by atoms with E-state index in [4.69, 9.17) is 9.15 Å². The number of aryl methyl sites for hydroxylation is 1. The zero-order valence-corrected chi connectivity index (χ0v) is 14.5. The molecule has 5 nitrogen and oxygen atoms in total. The minimum atomic E-state index is -0.431. The van der Waals surface area contributed by atoms with Crippen LogP contribution in [0.4, 0.5) is 5.00 Å². The zero-order chi connectivity index (χ0) is 17.3. The number of ether oxygens (including phenoxy) is 1. The summed E-state index contributed by atoms with van der Waals surface area (Å²) in [4.78, 5) is 25.6. The predicted molar refractivity (Wildman–Crippen MR) is 93.9 cm³/mol. The van der Waals surface area contributed by atoms with Crippen LogP contribution in [-0.2, 0) is 4.74 Å². The highest BCUT2D eigenvalue weighted by Gasteiger charge is 2.23. The van der Waals surface area contributed by atoms with E-state index in [0.29, 0.717) is 16.1 Å². The molecule has 3 rings (SSSR count). The van der Waals surface area contributed by atoms with Gasteiger partial charge >= 0.3 is 5.97 Å². The number of nitrogens with one attached hydrogen (secondary N) is 1. The molecule has 0 aliphatic rings. The molecule has 2 aromatic heterocycles. The Bertz CT molecular complexity index is 889. The van der Waals surface area contributed by atoms with E-state index in [2.05, 4.69) is 5.32 Å². The van der Waals surface area contributed by atoms with E-state index < -0.39 is 11.9 Å². The monoisotopic (exact) mass is 343 g/mol. The van der Waals surface area contributed by atoms with Crippen LogP contribution in [0.2, 0.25) is 0 Å². The van der Waals surface area contributed by atoms with Gasteiger partial charge in [-0.05, 0) is 38.5 Å². The van der Waals surface area contributed by atoms with E-state index in [1.165, 1.54) is 11.3 Å². The Morgan fingerprint density at radius 2 is 2.00 bits per heavy atom. The topological polar surface area (TPSA) is 68.5 Å². The van der Waals surface area contributed by atoms with Crippen LogP contribution in [0, 0.1) is 13.8 Å². The van der Waals surface area contributed by atoms with Gasteiger partial charge in [-0.1, -0.05) is 18.2 Å². The lowest BCUT2D eigenvalue weighted by atomic mass is 10.1. The van der Waals surface area contributed by atoms with Crippen molar-refractivity contribution in [2.24, 2.45) is 0 Å². The van der Waals surface area contributed by atoms with E-state index in [1.807, 2.05) is 32.0 Å². The first kappa shape index (κ1) is 16.3. The number of carbonyl (C=O) groups is 2. The number of esters is 1. The van der Waals surface area contributed by atoms with Gasteiger partial charge in [0.15, 0.2) is 5.76 Å². The molecule has 1 N–H and O–H groups in total. The fourth-order valence-electron chi connectivity index (χ4n) is 2.42. The van der Waals surface area contributed by atoms with Crippen LogP contribution >= 0.6 is 11.3 Å². The lowest BCUT2D eigenvalue weighted by Gasteiger charge is -2.06. The third-order valence-electron chi connectivity index (χ3n) is 3.74. The van der Waals surface area contributed by atoms with Gasteiger partial charge in [-0.15, -0.1) is 11.3 Å². The average molecular weight is 343 g/mol. The fourth-order valence-corrected chi connectivity index (χ4v) is 3.47. The first-order valence-electron chi connectivity index (χ1n) is 7.58. The highest BCUT2D eigenvalue weighted by Crippen LogP contribution is 2.33. The van der Waals surface area contributed by atoms with Crippen molar-refractivity contribution >= 4 is 39.2 Å². The summed E-state index contributed by atoms with van der Waals surface area (Å²) < 4.78 is 10.7. The number of amides is 1. The van der Waals surface area contributed by atoms with Gasteiger partial charge in [0, 0.05) is 10.3 Å². The summed E-state index contributed by atoms with van der Waals surface area (Å²) >= 11 is 1.35. The summed E-state index contributed by atoms with van der Waals surface area (Å²) in [6.45, 7) is 5.78. The van der Waals surface area contributed by atoms with Gasteiger partial charge in [0.1, 0.15) is 10.6 Å². The number of benzene rings is 1. The molecule has 124 valence electrons. The van der Waals surface area contributed by atoms with Crippen LogP contribution in [0.15, 0.2) is 34.7 Å². The Labute approximate surface area is 143 Å². The van der Waals surface area contributed by atoms with Crippen LogP contribution in [0.25, 0.3) is 11.0 Å². The summed E-state index contributed by atoms with van der Waals surface area (Å²) in [5, 5.41) is 4.11. The van der Waals surface area contributed by atoms with E-state index in [0.717, 1.165) is 15.8 Å². The molecule has 1 amide bonds. The van der Waals surface area contributed by atoms with Gasteiger partial charge < -0.3 is 14.5 Å². The van der Waals surface area contributed by atoms with Crippen molar-refractivity contribution in [1.29, 1.82) is 0 Å². The Balaban J connectivity index is 1.91. The number of anilines is 1. The molecule has 0 aliphatic heterocycles. The first-order valence-corrected chi connectivity index (χ1v) is 8.40. The normalized spacial score (nSPS) is 10.8. The molecule has 0 unspecified atom stereocenters. The number of thiophene rings is 1. The molecule has 24 heavy (non-hydrogen) atoms. The SMILES string of the molecule is CCOC(=O)c1c(NC(=O)c2cc3ccccc3o2)sc(C)c1C. The minimum Gasteiger partial charge on any atom is -0.462 e. The van der Waals surface area contributed by atoms with Gasteiger partial charge in [-0.25, -0.2) is 4.79 Å². The standard InChI is InChI=1S/C18H17NO4S/c1-4-22-18(21)15-10(2)11(3)24-17(15)19-16(20)14-9-12-7-5-6-8-13(12)23-14/h5-9H,4H2,1-3H3,(H,19,20). The second-order valence-electron chi connectivity index (χ2n) is 5.31. The molecule has 6 heteroatoms. The fraction of sp³-hybridized carbons (Fsp3) is 0.222. The summed E-state index contributed by atoms with van der Waals surface area (Å²) in [5.41, 5.74) is 1.87. The van der Waals surface area contributed by atoms with Gasteiger partial charge in [0.05, 0.1) is 12.2 Å². The first-order chi connectivity index (χ1) is 11.5. The number of furan rings is 1. The largest absolute Gasteiger partial charge is 0.462 e. The lowest BCUT2D eigenvalue weighted by Crippen LogP contribution is -2.14. The molecule has 0 saturated heterocycles. The van der Waals surface area contributed by atoms with Crippen LogP contribution in [0.5, 0.6) is 0 Å². The molecule has 2 heterocycles. The summed E-state index contributed by atoms with van der Waals surface area (Å²) in [7, 11) is 0. The van der Waals surface area contributed by atoms with Crippen molar-refractivity contribution in [3.63, 3.8) is 0 Å². The number of hydrogen-bond donors (Lipinski definition) is 1. The van der Waals surface area contributed by atoms with Crippen molar-refractivity contribution in [3.8, 4) is 0 Å². The molecule has 0 bridgehead atoms. The van der Waals surface area contributed by atoms with Gasteiger partial charge in [-0.2, -0.15) is 0 Å². The van der Waals surface area contributed by atoms with Crippen molar-refractivity contribution < 1.29 is 18.7 Å². The van der Waals surface area contributed by atoms with Crippen LogP contribution in [0.1, 0.15) is 38.3 Å². The number of fused-ring (bicyclic) bond motifs is 1. The van der Waals surface area contributed by atoms with Gasteiger partial charge in [0.25, 0.3) is 5.91 Å². The van der Waals surface area contributed by atoms with Crippen LogP contribution < -0.4 is 5.32 Å².